The van der Waals surface area contributed by atoms with Gasteiger partial charge in [0.25, 0.3) is 5.91 Å². The van der Waals surface area contributed by atoms with Crippen molar-refractivity contribution in [2.45, 2.75) is 19.9 Å². The highest BCUT2D eigenvalue weighted by atomic mass is 16.5. The molecule has 6 heteroatoms. The maximum Gasteiger partial charge on any atom is 0.340 e. The molecule has 6 nitrogen and oxygen atoms in total. The van der Waals surface area contributed by atoms with Gasteiger partial charge in [-0.2, -0.15) is 0 Å². The second-order valence-electron chi connectivity index (χ2n) is 6.79. The molecule has 1 unspecified atom stereocenters. The number of hydrogen-bond acceptors (Lipinski definition) is 4. The summed E-state index contributed by atoms with van der Waals surface area (Å²) in [6, 6.07) is 17.1. The van der Waals surface area contributed by atoms with Gasteiger partial charge in [-0.15, -0.1) is 0 Å². The molecule has 1 N–H and O–H groups in total. The molecule has 0 saturated carbocycles. The molecule has 1 atom stereocenters. The minimum absolute atomic E-state index is 0.210. The summed E-state index contributed by atoms with van der Waals surface area (Å²) in [6.07, 6.45) is 0. The zero-order valence-electron chi connectivity index (χ0n) is 16.1. The maximum absolute atomic E-state index is 13.0. The van der Waals surface area contributed by atoms with Crippen molar-refractivity contribution in [1.29, 1.82) is 0 Å². The lowest BCUT2D eigenvalue weighted by Crippen LogP contribution is -2.44. The first-order valence-corrected chi connectivity index (χ1v) is 9.45. The zero-order chi connectivity index (χ0) is 20.5. The Kier molecular flexibility index (Phi) is 4.76. The van der Waals surface area contributed by atoms with Crippen LogP contribution in [0.4, 0.5) is 11.4 Å². The van der Waals surface area contributed by atoms with Crippen LogP contribution in [0.3, 0.4) is 0 Å². The van der Waals surface area contributed by atoms with Crippen LogP contribution in [0.15, 0.2) is 60.7 Å². The lowest BCUT2D eigenvalue weighted by molar-refractivity contribution is -0.117. The molecule has 4 rings (SSSR count). The minimum Gasteiger partial charge on any atom is -0.462 e. The summed E-state index contributed by atoms with van der Waals surface area (Å²) < 4.78 is 5.05. The van der Waals surface area contributed by atoms with Crippen LogP contribution < -0.4 is 10.2 Å². The summed E-state index contributed by atoms with van der Waals surface area (Å²) >= 11 is 0. The Morgan fingerprint density at radius 3 is 2.52 bits per heavy atom. The van der Waals surface area contributed by atoms with E-state index >= 15 is 0 Å². The smallest absolute Gasteiger partial charge is 0.340 e. The second-order valence-corrected chi connectivity index (χ2v) is 6.79. The largest absolute Gasteiger partial charge is 0.462 e. The molecule has 1 aliphatic rings. The molecule has 146 valence electrons. The Morgan fingerprint density at radius 2 is 1.76 bits per heavy atom. The molecule has 0 saturated heterocycles. The van der Waals surface area contributed by atoms with Gasteiger partial charge < -0.3 is 10.1 Å². The highest BCUT2D eigenvalue weighted by Gasteiger charge is 2.36. The van der Waals surface area contributed by atoms with Crippen molar-refractivity contribution in [1.82, 2.24) is 0 Å². The van der Waals surface area contributed by atoms with Crippen molar-refractivity contribution in [3.8, 4) is 0 Å². The van der Waals surface area contributed by atoms with Crippen molar-refractivity contribution in [3.63, 3.8) is 0 Å². The number of amides is 2. The predicted molar refractivity (Wildman–Crippen MR) is 111 cm³/mol. The van der Waals surface area contributed by atoms with Crippen molar-refractivity contribution < 1.29 is 19.1 Å². The normalized spacial score (nSPS) is 13.4. The van der Waals surface area contributed by atoms with Crippen LogP contribution in [0.25, 0.3) is 10.8 Å². The molecular weight excluding hydrogens is 368 g/mol. The molecule has 3 aromatic rings. The van der Waals surface area contributed by atoms with Gasteiger partial charge in [-0.05, 0) is 43.5 Å². The first-order valence-electron chi connectivity index (χ1n) is 9.45. The highest BCUT2D eigenvalue weighted by molar-refractivity contribution is 6.27. The fraction of sp³-hybridized carbons (Fsp3) is 0.174. The molecule has 0 bridgehead atoms. The molecule has 1 heterocycles. The van der Waals surface area contributed by atoms with E-state index in [1.807, 2.05) is 30.3 Å². The average Bonchev–Trinajstić information content (AvgIpc) is 3.02. The first-order chi connectivity index (χ1) is 14.0. The van der Waals surface area contributed by atoms with Crippen LogP contribution in [0, 0.1) is 0 Å². The van der Waals surface area contributed by atoms with E-state index in [0.717, 1.165) is 10.8 Å². The second kappa shape index (κ2) is 7.39. The van der Waals surface area contributed by atoms with Crippen molar-refractivity contribution in [3.05, 3.63) is 71.8 Å². The van der Waals surface area contributed by atoms with Gasteiger partial charge in [0.1, 0.15) is 6.04 Å². The van der Waals surface area contributed by atoms with Gasteiger partial charge in [0.05, 0.1) is 23.5 Å². The van der Waals surface area contributed by atoms with Crippen molar-refractivity contribution >= 4 is 39.9 Å². The van der Waals surface area contributed by atoms with Gasteiger partial charge in [0.2, 0.25) is 5.91 Å². The number of para-hydroxylation sites is 1. The van der Waals surface area contributed by atoms with E-state index in [2.05, 4.69) is 5.32 Å². The molecule has 1 aliphatic heterocycles. The third kappa shape index (κ3) is 3.12. The van der Waals surface area contributed by atoms with Crippen molar-refractivity contribution in [2.24, 2.45) is 0 Å². The highest BCUT2D eigenvalue weighted by Crippen LogP contribution is 2.38. The Morgan fingerprint density at radius 1 is 1.03 bits per heavy atom. The molecule has 0 aromatic heterocycles. The zero-order valence-corrected chi connectivity index (χ0v) is 16.1. The molecular formula is C23H20N2O4. The monoisotopic (exact) mass is 388 g/mol. The first kappa shape index (κ1) is 18.7. The standard InChI is InChI=1S/C23H20N2O4/c1-3-29-23(28)16-10-4-5-12-18(16)24-21(26)14(2)25-19-13-7-9-15-8-6-11-17(20(15)19)22(25)27/h4-14H,3H2,1-2H3,(H,24,26). The molecule has 2 amide bonds. The van der Waals surface area contributed by atoms with E-state index in [-0.39, 0.29) is 24.0 Å². The Balaban J connectivity index is 1.63. The van der Waals surface area contributed by atoms with Gasteiger partial charge in [-0.25, -0.2) is 4.79 Å². The number of nitrogens with zero attached hydrogens (tertiary/aromatic N) is 1. The van der Waals surface area contributed by atoms with Gasteiger partial charge in [-0.1, -0.05) is 36.4 Å². The Labute approximate surface area is 168 Å². The number of nitrogens with one attached hydrogen (secondary N) is 1. The lowest BCUT2D eigenvalue weighted by atomic mass is 10.1. The molecule has 29 heavy (non-hydrogen) atoms. The average molecular weight is 388 g/mol. The number of carbonyl (C=O) groups is 3. The number of carbonyl (C=O) groups excluding carboxylic acids is 3. The fourth-order valence-corrected chi connectivity index (χ4v) is 3.66. The topological polar surface area (TPSA) is 75.7 Å². The van der Waals surface area contributed by atoms with E-state index in [9.17, 15) is 14.4 Å². The summed E-state index contributed by atoms with van der Waals surface area (Å²) in [6.45, 7) is 3.63. The van der Waals surface area contributed by atoms with E-state index in [1.54, 1.807) is 44.2 Å². The lowest BCUT2D eigenvalue weighted by Gasteiger charge is -2.25. The molecule has 0 radical (unpaired) electrons. The molecule has 0 spiro atoms. The fourth-order valence-electron chi connectivity index (χ4n) is 3.66. The van der Waals surface area contributed by atoms with Gasteiger partial charge in [0.15, 0.2) is 0 Å². The van der Waals surface area contributed by atoms with Crippen LogP contribution in [-0.2, 0) is 9.53 Å². The van der Waals surface area contributed by atoms with E-state index in [1.165, 1.54) is 4.90 Å². The van der Waals surface area contributed by atoms with Crippen LogP contribution >= 0.6 is 0 Å². The van der Waals surface area contributed by atoms with Crippen molar-refractivity contribution in [2.75, 3.05) is 16.8 Å². The molecule has 0 fully saturated rings. The van der Waals surface area contributed by atoms with Crippen LogP contribution in [0.5, 0.6) is 0 Å². The van der Waals surface area contributed by atoms with Crippen LogP contribution in [0.1, 0.15) is 34.6 Å². The summed E-state index contributed by atoms with van der Waals surface area (Å²) in [5.74, 6) is -1.11. The van der Waals surface area contributed by atoms with Crippen LogP contribution in [-0.4, -0.2) is 30.4 Å². The quantitative estimate of drug-likeness (QED) is 0.670. The predicted octanol–water partition coefficient (Wildman–Crippen LogP) is 4.00. The third-order valence-corrected chi connectivity index (χ3v) is 5.04. The summed E-state index contributed by atoms with van der Waals surface area (Å²) in [4.78, 5) is 39.7. The Hall–Kier alpha value is -3.67. The van der Waals surface area contributed by atoms with Gasteiger partial charge in [-0.3, -0.25) is 14.5 Å². The third-order valence-electron chi connectivity index (χ3n) is 5.04. The Bertz CT molecular complexity index is 1130. The summed E-state index contributed by atoms with van der Waals surface area (Å²) in [5.41, 5.74) is 1.92. The maximum atomic E-state index is 13.0. The number of anilines is 2. The van der Waals surface area contributed by atoms with Gasteiger partial charge >= 0.3 is 5.97 Å². The number of esters is 1. The minimum atomic E-state index is -0.768. The molecule has 3 aromatic carbocycles. The van der Waals surface area contributed by atoms with E-state index in [4.69, 9.17) is 4.74 Å². The summed E-state index contributed by atoms with van der Waals surface area (Å²) in [7, 11) is 0. The van der Waals surface area contributed by atoms with Crippen LogP contribution in [0.2, 0.25) is 0 Å². The number of rotatable bonds is 5. The molecule has 0 aliphatic carbocycles. The SMILES string of the molecule is CCOC(=O)c1ccccc1NC(=O)C(C)N1C(=O)c2cccc3cccc1c23. The number of hydrogen-bond donors (Lipinski definition) is 1. The van der Waals surface area contributed by atoms with E-state index < -0.39 is 12.0 Å². The van der Waals surface area contributed by atoms with E-state index in [0.29, 0.717) is 16.9 Å². The number of ether oxygens (including phenoxy) is 1. The summed E-state index contributed by atoms with van der Waals surface area (Å²) in [5, 5.41) is 4.58. The van der Waals surface area contributed by atoms with Gasteiger partial charge in [0, 0.05) is 10.9 Å². The number of benzene rings is 3.